The van der Waals surface area contributed by atoms with Gasteiger partial charge in [0.1, 0.15) is 0 Å². The van der Waals surface area contributed by atoms with Crippen molar-refractivity contribution in [3.8, 4) is 0 Å². The highest BCUT2D eigenvalue weighted by molar-refractivity contribution is 5.58. The second kappa shape index (κ2) is 4.34. The molecule has 0 aromatic heterocycles. The summed E-state index contributed by atoms with van der Waals surface area (Å²) in [4.78, 5) is 2.45. The predicted octanol–water partition coefficient (Wildman–Crippen LogP) is 2.90. The Morgan fingerprint density at radius 2 is 2.06 bits per heavy atom. The topological polar surface area (TPSA) is 23.5 Å². The first kappa shape index (κ1) is 12.4. The fraction of sp³-hybridized carbons (Fsp3) is 0.600. The number of aryl methyl sites for hydroxylation is 1. The number of hydrogen-bond acceptors (Lipinski definition) is 2. The van der Waals surface area contributed by atoms with E-state index in [2.05, 4.69) is 50.8 Å². The summed E-state index contributed by atoms with van der Waals surface area (Å²) in [5, 5.41) is 9.46. The number of hydrogen-bond donors (Lipinski definition) is 1. The average molecular weight is 233 g/mol. The highest BCUT2D eigenvalue weighted by Crippen LogP contribution is 2.39. The Hall–Kier alpha value is -1.02. The van der Waals surface area contributed by atoms with Crippen molar-refractivity contribution in [2.45, 2.75) is 39.7 Å². The molecule has 17 heavy (non-hydrogen) atoms. The molecule has 1 aromatic carbocycles. The van der Waals surface area contributed by atoms with Gasteiger partial charge in [-0.05, 0) is 51.3 Å². The van der Waals surface area contributed by atoms with Crippen LogP contribution in [0.25, 0.3) is 0 Å². The van der Waals surface area contributed by atoms with Crippen LogP contribution in [0.5, 0.6) is 0 Å². The Labute approximate surface area is 104 Å². The smallest absolute Gasteiger partial charge is 0.0482 e. The molecule has 0 amide bonds. The van der Waals surface area contributed by atoms with Crippen molar-refractivity contribution in [3.63, 3.8) is 0 Å². The fourth-order valence-corrected chi connectivity index (χ4v) is 2.92. The molecule has 1 heterocycles. The third-order valence-electron chi connectivity index (χ3n) is 4.48. The first-order valence-electron chi connectivity index (χ1n) is 6.43. The quantitative estimate of drug-likeness (QED) is 0.849. The molecule has 94 valence electrons. The van der Waals surface area contributed by atoms with Gasteiger partial charge in [-0.25, -0.2) is 0 Å². The van der Waals surface area contributed by atoms with Crippen LogP contribution < -0.4 is 4.90 Å². The van der Waals surface area contributed by atoms with Crippen LogP contribution in [0.15, 0.2) is 18.2 Å². The molecular weight excluding hydrogens is 210 g/mol. The van der Waals surface area contributed by atoms with E-state index < -0.39 is 0 Å². The molecule has 1 aliphatic heterocycles. The zero-order valence-corrected chi connectivity index (χ0v) is 11.3. The van der Waals surface area contributed by atoms with Crippen LogP contribution in [-0.2, 0) is 0 Å². The van der Waals surface area contributed by atoms with Crippen LogP contribution >= 0.6 is 0 Å². The maximum absolute atomic E-state index is 9.46. The second-order valence-corrected chi connectivity index (χ2v) is 5.69. The monoisotopic (exact) mass is 233 g/mol. The summed E-state index contributed by atoms with van der Waals surface area (Å²) < 4.78 is 0. The predicted molar refractivity (Wildman–Crippen MR) is 72.5 cm³/mol. The largest absolute Gasteiger partial charge is 0.396 e. The lowest BCUT2D eigenvalue weighted by atomic mass is 9.88. The van der Waals surface area contributed by atoms with Crippen molar-refractivity contribution in [1.29, 1.82) is 0 Å². The molecule has 1 aromatic rings. The second-order valence-electron chi connectivity index (χ2n) is 5.69. The van der Waals surface area contributed by atoms with E-state index in [9.17, 15) is 5.11 Å². The molecule has 2 nitrogen and oxygen atoms in total. The molecule has 1 atom stereocenters. The van der Waals surface area contributed by atoms with E-state index in [1.165, 1.54) is 16.8 Å². The van der Waals surface area contributed by atoms with Crippen molar-refractivity contribution in [3.05, 3.63) is 29.3 Å². The lowest BCUT2D eigenvalue weighted by molar-refractivity contribution is 0.189. The Morgan fingerprint density at radius 3 is 2.65 bits per heavy atom. The van der Waals surface area contributed by atoms with Gasteiger partial charge in [-0.15, -0.1) is 0 Å². The molecule has 0 aliphatic carbocycles. The lowest BCUT2D eigenvalue weighted by Gasteiger charge is -2.38. The summed E-state index contributed by atoms with van der Waals surface area (Å²) >= 11 is 0. The van der Waals surface area contributed by atoms with Gasteiger partial charge in [0.15, 0.2) is 0 Å². The first-order chi connectivity index (χ1) is 7.98. The van der Waals surface area contributed by atoms with Crippen LogP contribution in [-0.4, -0.2) is 23.8 Å². The Kier molecular flexibility index (Phi) is 3.17. The minimum atomic E-state index is 0.0489. The van der Waals surface area contributed by atoms with Crippen LogP contribution in [0.3, 0.4) is 0 Å². The van der Waals surface area contributed by atoms with E-state index in [1.54, 1.807) is 0 Å². The summed E-state index contributed by atoms with van der Waals surface area (Å²) in [6, 6.07) is 6.48. The highest BCUT2D eigenvalue weighted by Gasteiger charge is 2.41. The van der Waals surface area contributed by atoms with Crippen LogP contribution in [0.2, 0.25) is 0 Å². The average Bonchev–Trinajstić information content (AvgIpc) is 2.57. The van der Waals surface area contributed by atoms with E-state index in [-0.39, 0.29) is 12.1 Å². The molecule has 1 aliphatic rings. The van der Waals surface area contributed by atoms with Crippen molar-refractivity contribution in [1.82, 2.24) is 0 Å². The maximum Gasteiger partial charge on any atom is 0.0482 e. The van der Waals surface area contributed by atoms with Crippen LogP contribution in [0, 0.1) is 19.8 Å². The zero-order valence-electron chi connectivity index (χ0n) is 11.3. The standard InChI is InChI=1S/C15H23NO/c1-11-6-5-7-14(12(11)2)16-9-8-13(10-17)15(16,3)4/h5-7,13,17H,8-10H2,1-4H3. The molecular formula is C15H23NO. The molecule has 2 rings (SSSR count). The van der Waals surface area contributed by atoms with E-state index >= 15 is 0 Å². The number of rotatable bonds is 2. The van der Waals surface area contributed by atoms with Gasteiger partial charge in [0, 0.05) is 30.3 Å². The van der Waals surface area contributed by atoms with Gasteiger partial charge >= 0.3 is 0 Å². The minimum absolute atomic E-state index is 0.0489. The molecule has 1 saturated heterocycles. The molecule has 1 unspecified atom stereocenters. The van der Waals surface area contributed by atoms with Crippen LogP contribution in [0.1, 0.15) is 31.4 Å². The third kappa shape index (κ3) is 1.95. The van der Waals surface area contributed by atoms with Gasteiger partial charge in [-0.2, -0.15) is 0 Å². The Balaban J connectivity index is 2.38. The number of benzene rings is 1. The summed E-state index contributed by atoms with van der Waals surface area (Å²) in [5.74, 6) is 0.377. The molecule has 1 N–H and O–H groups in total. The highest BCUT2D eigenvalue weighted by atomic mass is 16.3. The van der Waals surface area contributed by atoms with Crippen LogP contribution in [0.4, 0.5) is 5.69 Å². The number of aliphatic hydroxyl groups excluding tert-OH is 1. The van der Waals surface area contributed by atoms with Crippen molar-refractivity contribution in [2.75, 3.05) is 18.1 Å². The molecule has 0 radical (unpaired) electrons. The lowest BCUT2D eigenvalue weighted by Crippen LogP contribution is -2.44. The van der Waals surface area contributed by atoms with E-state index in [0.717, 1.165) is 13.0 Å². The van der Waals surface area contributed by atoms with Gasteiger partial charge in [-0.3, -0.25) is 0 Å². The zero-order chi connectivity index (χ0) is 12.6. The fourth-order valence-electron chi connectivity index (χ4n) is 2.92. The maximum atomic E-state index is 9.46. The molecule has 0 spiro atoms. The third-order valence-corrected chi connectivity index (χ3v) is 4.48. The van der Waals surface area contributed by atoms with Gasteiger partial charge in [0.2, 0.25) is 0 Å². The normalized spacial score (nSPS) is 23.1. The number of anilines is 1. The Morgan fingerprint density at radius 1 is 1.35 bits per heavy atom. The van der Waals surface area contributed by atoms with Crippen molar-refractivity contribution in [2.24, 2.45) is 5.92 Å². The number of aliphatic hydroxyl groups is 1. The molecule has 0 bridgehead atoms. The summed E-state index contributed by atoms with van der Waals surface area (Å²) in [7, 11) is 0. The van der Waals surface area contributed by atoms with Crippen molar-refractivity contribution < 1.29 is 5.11 Å². The molecule has 1 fully saturated rings. The first-order valence-corrected chi connectivity index (χ1v) is 6.43. The summed E-state index contributed by atoms with van der Waals surface area (Å²) in [6.07, 6.45) is 1.08. The van der Waals surface area contributed by atoms with E-state index in [0.29, 0.717) is 5.92 Å². The summed E-state index contributed by atoms with van der Waals surface area (Å²) in [5.41, 5.74) is 4.07. The van der Waals surface area contributed by atoms with E-state index in [1.807, 2.05) is 0 Å². The van der Waals surface area contributed by atoms with Gasteiger partial charge in [0.25, 0.3) is 0 Å². The van der Waals surface area contributed by atoms with Gasteiger partial charge < -0.3 is 10.0 Å². The van der Waals surface area contributed by atoms with Gasteiger partial charge in [-0.1, -0.05) is 12.1 Å². The Bertz CT molecular complexity index is 411. The number of nitrogens with zero attached hydrogens (tertiary/aromatic N) is 1. The molecule has 2 heteroatoms. The van der Waals surface area contributed by atoms with Crippen molar-refractivity contribution >= 4 is 5.69 Å². The SMILES string of the molecule is Cc1cccc(N2CCC(CO)C2(C)C)c1C. The van der Waals surface area contributed by atoms with E-state index in [4.69, 9.17) is 0 Å². The summed E-state index contributed by atoms with van der Waals surface area (Å²) in [6.45, 7) is 10.2. The minimum Gasteiger partial charge on any atom is -0.396 e. The van der Waals surface area contributed by atoms with Gasteiger partial charge in [0.05, 0.1) is 0 Å². The molecule has 0 saturated carbocycles.